The van der Waals surface area contributed by atoms with Crippen molar-refractivity contribution < 1.29 is 24.2 Å². The molecule has 5 heteroatoms. The van der Waals surface area contributed by atoms with E-state index in [1.165, 1.54) is 347 Å². The molecule has 1 unspecified atom stereocenters. The van der Waals surface area contributed by atoms with Crippen LogP contribution < -0.4 is 0 Å². The Labute approximate surface area is 471 Å². The molecule has 75 heavy (non-hydrogen) atoms. The van der Waals surface area contributed by atoms with Gasteiger partial charge in [-0.1, -0.05) is 366 Å². The first-order valence-electron chi connectivity index (χ1n) is 34.7. The van der Waals surface area contributed by atoms with E-state index in [4.69, 9.17) is 9.47 Å². The number of ether oxygens (including phenoxy) is 2. The average molecular weight is 1060 g/mol. The van der Waals surface area contributed by atoms with Crippen molar-refractivity contribution in [2.75, 3.05) is 13.2 Å². The van der Waals surface area contributed by atoms with Gasteiger partial charge in [0.1, 0.15) is 6.61 Å². The van der Waals surface area contributed by atoms with Gasteiger partial charge in [-0.2, -0.15) is 0 Å². The van der Waals surface area contributed by atoms with E-state index in [0.717, 1.165) is 32.1 Å². The predicted octanol–water partition coefficient (Wildman–Crippen LogP) is 23.8. The molecule has 0 radical (unpaired) electrons. The zero-order valence-corrected chi connectivity index (χ0v) is 51.4. The maximum atomic E-state index is 12.4. The van der Waals surface area contributed by atoms with Gasteiger partial charge in [-0.15, -0.1) is 0 Å². The number of rotatable bonds is 66. The Balaban J connectivity index is 3.34. The first-order valence-corrected chi connectivity index (χ1v) is 34.7. The van der Waals surface area contributed by atoms with Crippen molar-refractivity contribution in [3.8, 4) is 0 Å². The summed E-state index contributed by atoms with van der Waals surface area (Å²) < 4.78 is 10.8. The number of allylic oxidation sites excluding steroid dienone is 2. The second kappa shape index (κ2) is 66.9. The Hall–Kier alpha value is -1.36. The molecule has 0 aliphatic rings. The molecular formula is C70H136O5. The molecule has 0 aliphatic carbocycles. The Kier molecular flexibility index (Phi) is 65.7. The number of hydrogen-bond acceptors (Lipinski definition) is 5. The van der Waals surface area contributed by atoms with Crippen molar-refractivity contribution in [2.45, 2.75) is 412 Å². The summed E-state index contributed by atoms with van der Waals surface area (Å²) in [5.41, 5.74) is 0. The third-order valence-corrected chi connectivity index (χ3v) is 16.3. The van der Waals surface area contributed by atoms with Crippen LogP contribution >= 0.6 is 0 Å². The molecule has 1 N–H and O–H groups in total. The van der Waals surface area contributed by atoms with Crippen LogP contribution in [0.15, 0.2) is 12.2 Å². The maximum absolute atomic E-state index is 12.4. The third kappa shape index (κ3) is 65.1. The van der Waals surface area contributed by atoms with E-state index in [2.05, 4.69) is 26.0 Å². The Bertz CT molecular complexity index is 1100. The highest BCUT2D eigenvalue weighted by Crippen LogP contribution is 2.19. The van der Waals surface area contributed by atoms with E-state index in [1.54, 1.807) is 0 Å². The number of unbranched alkanes of at least 4 members (excludes halogenated alkanes) is 56. The molecule has 0 amide bonds. The molecule has 0 aromatic rings. The minimum absolute atomic E-state index is 0.0563. The van der Waals surface area contributed by atoms with Gasteiger partial charge in [0.15, 0.2) is 6.10 Å². The summed E-state index contributed by atoms with van der Waals surface area (Å²) in [6.45, 7) is 4.21. The van der Waals surface area contributed by atoms with Crippen LogP contribution in [0, 0.1) is 0 Å². The molecule has 5 nitrogen and oxygen atoms in total. The van der Waals surface area contributed by atoms with Crippen LogP contribution in [0.1, 0.15) is 406 Å². The Morgan fingerprint density at radius 3 is 0.720 bits per heavy atom. The van der Waals surface area contributed by atoms with Gasteiger partial charge in [-0.25, -0.2) is 0 Å². The largest absolute Gasteiger partial charge is 0.462 e. The minimum atomic E-state index is -0.766. The molecule has 0 rings (SSSR count). The summed E-state index contributed by atoms with van der Waals surface area (Å²) in [5.74, 6) is -0.561. The molecular weight excluding hydrogens is 921 g/mol. The summed E-state index contributed by atoms with van der Waals surface area (Å²) in [7, 11) is 0. The van der Waals surface area contributed by atoms with Crippen molar-refractivity contribution in [3.05, 3.63) is 12.2 Å². The summed E-state index contributed by atoms with van der Waals surface area (Å²) in [6.07, 6.45) is 85.5. The topological polar surface area (TPSA) is 72.8 Å². The number of hydrogen-bond donors (Lipinski definition) is 1. The molecule has 0 saturated heterocycles. The number of carbonyl (C=O) groups is 2. The Morgan fingerprint density at radius 1 is 0.293 bits per heavy atom. The molecule has 0 aliphatic heterocycles. The molecule has 446 valence electrons. The van der Waals surface area contributed by atoms with Gasteiger partial charge in [-0.05, 0) is 38.5 Å². The predicted molar refractivity (Wildman–Crippen MR) is 330 cm³/mol. The molecule has 0 aromatic heterocycles. The summed E-state index contributed by atoms with van der Waals surface area (Å²) >= 11 is 0. The van der Waals surface area contributed by atoms with Crippen molar-refractivity contribution in [3.63, 3.8) is 0 Å². The van der Waals surface area contributed by atoms with Crippen LogP contribution in [-0.4, -0.2) is 36.4 Å². The fourth-order valence-electron chi connectivity index (χ4n) is 11.1. The zero-order valence-electron chi connectivity index (χ0n) is 51.4. The van der Waals surface area contributed by atoms with Gasteiger partial charge in [0.05, 0.1) is 6.61 Å². The fraction of sp³-hybridized carbons (Fsp3) is 0.943. The SMILES string of the molecule is CCCCCCCCCC/C=C\CCCCCCCCCCCCCCCCCCCCCCCCCCCCCC(=O)OC(CO)COC(=O)CCCCCCCCCCCCCCCCCCCCCCCC. The number of aliphatic hydroxyl groups is 1. The van der Waals surface area contributed by atoms with Crippen molar-refractivity contribution in [1.82, 2.24) is 0 Å². The first-order chi connectivity index (χ1) is 37.1. The van der Waals surface area contributed by atoms with Gasteiger partial charge in [-0.3, -0.25) is 9.59 Å². The maximum Gasteiger partial charge on any atom is 0.306 e. The van der Waals surface area contributed by atoms with E-state index in [9.17, 15) is 14.7 Å². The molecule has 0 bridgehead atoms. The lowest BCUT2D eigenvalue weighted by molar-refractivity contribution is -0.161. The highest BCUT2D eigenvalue weighted by atomic mass is 16.6. The second-order valence-corrected chi connectivity index (χ2v) is 24.0. The highest BCUT2D eigenvalue weighted by Gasteiger charge is 2.16. The van der Waals surface area contributed by atoms with Gasteiger partial charge in [0.25, 0.3) is 0 Å². The van der Waals surface area contributed by atoms with Crippen LogP contribution in [0.25, 0.3) is 0 Å². The summed E-state index contributed by atoms with van der Waals surface area (Å²) in [4.78, 5) is 24.6. The standard InChI is InChI=1S/C70H136O5/c1-3-5-7-9-11-13-15-17-19-21-23-25-27-28-29-30-31-32-33-34-35-36-37-38-39-40-41-42-43-45-47-49-51-53-55-57-59-61-63-65-70(73)75-68(66-71)67-74-69(72)64-62-60-58-56-54-52-50-48-46-44-26-24-22-20-18-16-14-12-10-8-6-4-2/h21,23,68,71H,3-20,22,24-67H2,1-2H3/b23-21-. The third-order valence-electron chi connectivity index (χ3n) is 16.3. The average Bonchev–Trinajstić information content (AvgIpc) is 3.41. The van der Waals surface area contributed by atoms with Crippen LogP contribution in [-0.2, 0) is 19.1 Å². The highest BCUT2D eigenvalue weighted by molar-refractivity contribution is 5.70. The van der Waals surface area contributed by atoms with E-state index in [1.807, 2.05) is 0 Å². The minimum Gasteiger partial charge on any atom is -0.462 e. The van der Waals surface area contributed by atoms with E-state index in [-0.39, 0.29) is 25.2 Å². The summed E-state index contributed by atoms with van der Waals surface area (Å²) in [6, 6.07) is 0. The quantitative estimate of drug-likeness (QED) is 0.0373. The molecule has 0 saturated carbocycles. The monoisotopic (exact) mass is 1060 g/mol. The zero-order chi connectivity index (χ0) is 54.1. The molecule has 1 atom stereocenters. The molecule has 0 fully saturated rings. The number of carbonyl (C=O) groups excluding carboxylic acids is 2. The normalized spacial score (nSPS) is 12.1. The van der Waals surface area contributed by atoms with Crippen molar-refractivity contribution >= 4 is 11.9 Å². The van der Waals surface area contributed by atoms with Crippen LogP contribution in [0.2, 0.25) is 0 Å². The van der Waals surface area contributed by atoms with Crippen LogP contribution in [0.5, 0.6) is 0 Å². The molecule has 0 spiro atoms. The molecule has 0 aromatic carbocycles. The van der Waals surface area contributed by atoms with Crippen LogP contribution in [0.4, 0.5) is 0 Å². The van der Waals surface area contributed by atoms with Crippen molar-refractivity contribution in [1.29, 1.82) is 0 Å². The summed E-state index contributed by atoms with van der Waals surface area (Å²) in [5, 5.41) is 9.69. The van der Waals surface area contributed by atoms with E-state index >= 15 is 0 Å². The Morgan fingerprint density at radius 2 is 0.493 bits per heavy atom. The lowest BCUT2D eigenvalue weighted by Crippen LogP contribution is -2.28. The van der Waals surface area contributed by atoms with Gasteiger partial charge in [0, 0.05) is 12.8 Å². The van der Waals surface area contributed by atoms with E-state index in [0.29, 0.717) is 12.8 Å². The lowest BCUT2D eigenvalue weighted by atomic mass is 10.0. The fourth-order valence-corrected chi connectivity index (χ4v) is 11.1. The lowest BCUT2D eigenvalue weighted by Gasteiger charge is -2.15. The number of aliphatic hydroxyl groups excluding tert-OH is 1. The van der Waals surface area contributed by atoms with Gasteiger partial charge >= 0.3 is 11.9 Å². The van der Waals surface area contributed by atoms with Gasteiger partial charge in [0.2, 0.25) is 0 Å². The van der Waals surface area contributed by atoms with E-state index < -0.39 is 6.10 Å². The number of esters is 2. The van der Waals surface area contributed by atoms with Gasteiger partial charge < -0.3 is 14.6 Å². The smallest absolute Gasteiger partial charge is 0.306 e. The first kappa shape index (κ1) is 73.6. The molecule has 0 heterocycles. The van der Waals surface area contributed by atoms with Crippen molar-refractivity contribution in [2.24, 2.45) is 0 Å². The van der Waals surface area contributed by atoms with Crippen LogP contribution in [0.3, 0.4) is 0 Å². The second-order valence-electron chi connectivity index (χ2n) is 24.0.